The fourth-order valence-corrected chi connectivity index (χ4v) is 3.33. The smallest absolute Gasteiger partial charge is 0.0765 e. The molecule has 1 unspecified atom stereocenters. The summed E-state index contributed by atoms with van der Waals surface area (Å²) in [5.74, 6) is 0. The summed E-state index contributed by atoms with van der Waals surface area (Å²) in [4.78, 5) is 4.94. The fourth-order valence-electron chi connectivity index (χ4n) is 3.33. The molecule has 0 spiro atoms. The van der Waals surface area contributed by atoms with Crippen LogP contribution in [0.25, 0.3) is 0 Å². The van der Waals surface area contributed by atoms with Gasteiger partial charge < -0.3 is 5.11 Å². The number of aliphatic hydroxyl groups is 1. The lowest BCUT2D eigenvalue weighted by atomic mass is 10.1. The Morgan fingerprint density at radius 1 is 1.22 bits per heavy atom. The summed E-state index contributed by atoms with van der Waals surface area (Å²) in [5.41, 5.74) is 3.54. The maximum absolute atomic E-state index is 9.42. The molecular weight excluding hydrogens is 288 g/mol. The number of benzene rings is 1. The number of aromatic nitrogens is 2. The lowest BCUT2D eigenvalue weighted by Gasteiger charge is -2.41. The highest BCUT2D eigenvalue weighted by Crippen LogP contribution is 2.18. The molecule has 3 rings (SSSR count). The monoisotopic (exact) mass is 314 g/mol. The van der Waals surface area contributed by atoms with E-state index in [-0.39, 0.29) is 6.61 Å². The number of rotatable bonds is 6. The van der Waals surface area contributed by atoms with Gasteiger partial charge in [-0.1, -0.05) is 30.3 Å². The normalized spacial score (nSPS) is 20.0. The van der Waals surface area contributed by atoms with Crippen molar-refractivity contribution in [2.75, 3.05) is 26.2 Å². The number of aromatic amines is 1. The van der Waals surface area contributed by atoms with Crippen LogP contribution in [0.15, 0.2) is 36.4 Å². The summed E-state index contributed by atoms with van der Waals surface area (Å²) in [6.07, 6.45) is 0.822. The fraction of sp³-hybridized carbons (Fsp3) is 0.500. The lowest BCUT2D eigenvalue weighted by molar-refractivity contribution is 0.0494. The van der Waals surface area contributed by atoms with Gasteiger partial charge in [0.05, 0.1) is 5.69 Å². The second-order valence-electron chi connectivity index (χ2n) is 6.40. The zero-order valence-corrected chi connectivity index (χ0v) is 13.8. The minimum Gasteiger partial charge on any atom is -0.396 e. The van der Waals surface area contributed by atoms with Crippen molar-refractivity contribution in [3.8, 4) is 0 Å². The van der Waals surface area contributed by atoms with Gasteiger partial charge >= 0.3 is 0 Å². The van der Waals surface area contributed by atoms with Crippen LogP contribution in [0, 0.1) is 6.92 Å². The van der Waals surface area contributed by atoms with Gasteiger partial charge in [-0.15, -0.1) is 0 Å². The lowest BCUT2D eigenvalue weighted by Crippen LogP contribution is -2.52. The molecule has 0 radical (unpaired) electrons. The quantitative estimate of drug-likeness (QED) is 0.853. The van der Waals surface area contributed by atoms with Crippen molar-refractivity contribution in [3.05, 3.63) is 53.3 Å². The molecule has 0 aliphatic carbocycles. The number of nitrogens with one attached hydrogen (secondary N) is 1. The first kappa shape index (κ1) is 16.2. The van der Waals surface area contributed by atoms with Crippen molar-refractivity contribution in [3.63, 3.8) is 0 Å². The molecule has 1 saturated heterocycles. The number of aryl methyl sites for hydroxylation is 1. The predicted molar refractivity (Wildman–Crippen MR) is 90.9 cm³/mol. The topological polar surface area (TPSA) is 55.4 Å². The number of piperazine rings is 1. The standard InChI is InChI=1S/C18H26N4O/c1-15-11-17(20-19-15)13-21-8-9-22(18(14-21)7-10-23)12-16-5-3-2-4-6-16/h2-6,11,18,23H,7-10,12-14H2,1H3,(H,19,20). The van der Waals surface area contributed by atoms with E-state index in [4.69, 9.17) is 0 Å². The molecule has 0 amide bonds. The molecule has 5 heteroatoms. The number of hydrogen-bond donors (Lipinski definition) is 2. The Hall–Kier alpha value is -1.69. The molecule has 23 heavy (non-hydrogen) atoms. The van der Waals surface area contributed by atoms with Crippen molar-refractivity contribution in [2.24, 2.45) is 0 Å². The molecular formula is C18H26N4O. The van der Waals surface area contributed by atoms with Gasteiger partial charge in [0.1, 0.15) is 0 Å². The zero-order chi connectivity index (χ0) is 16.1. The van der Waals surface area contributed by atoms with Crippen LogP contribution in [-0.2, 0) is 13.1 Å². The summed E-state index contributed by atoms with van der Waals surface area (Å²) < 4.78 is 0. The third kappa shape index (κ3) is 4.41. The van der Waals surface area contributed by atoms with Crippen LogP contribution in [0.3, 0.4) is 0 Å². The summed E-state index contributed by atoms with van der Waals surface area (Å²) >= 11 is 0. The molecule has 124 valence electrons. The van der Waals surface area contributed by atoms with Crippen molar-refractivity contribution in [2.45, 2.75) is 32.5 Å². The highest BCUT2D eigenvalue weighted by Gasteiger charge is 2.26. The van der Waals surface area contributed by atoms with Gasteiger partial charge in [0, 0.05) is 51.1 Å². The highest BCUT2D eigenvalue weighted by atomic mass is 16.3. The van der Waals surface area contributed by atoms with E-state index in [1.165, 1.54) is 5.56 Å². The molecule has 1 aliphatic heterocycles. The van der Waals surface area contributed by atoms with Crippen LogP contribution in [-0.4, -0.2) is 57.4 Å². The van der Waals surface area contributed by atoms with Gasteiger partial charge in [-0.25, -0.2) is 0 Å². The van der Waals surface area contributed by atoms with Crippen molar-refractivity contribution >= 4 is 0 Å². The average Bonchev–Trinajstić information content (AvgIpc) is 2.96. The average molecular weight is 314 g/mol. The Morgan fingerprint density at radius 2 is 2.04 bits per heavy atom. The molecule has 1 fully saturated rings. The molecule has 1 aliphatic rings. The Labute approximate surface area is 137 Å². The molecule has 5 nitrogen and oxygen atoms in total. The molecule has 2 aromatic rings. The second kappa shape index (κ2) is 7.73. The maximum atomic E-state index is 9.42. The number of H-pyrrole nitrogens is 1. The highest BCUT2D eigenvalue weighted by molar-refractivity contribution is 5.15. The third-order valence-electron chi connectivity index (χ3n) is 4.52. The molecule has 0 saturated carbocycles. The van der Waals surface area contributed by atoms with E-state index in [9.17, 15) is 5.11 Å². The Balaban J connectivity index is 1.61. The Morgan fingerprint density at radius 3 is 2.74 bits per heavy atom. The van der Waals surface area contributed by atoms with Crippen LogP contribution >= 0.6 is 0 Å². The summed E-state index contributed by atoms with van der Waals surface area (Å²) in [6.45, 7) is 7.17. The van der Waals surface area contributed by atoms with Gasteiger partial charge in [-0.2, -0.15) is 5.10 Å². The molecule has 2 N–H and O–H groups in total. The molecule has 1 aromatic carbocycles. The number of nitrogens with zero attached hydrogens (tertiary/aromatic N) is 3. The second-order valence-corrected chi connectivity index (χ2v) is 6.40. The number of aliphatic hydroxyl groups excluding tert-OH is 1. The third-order valence-corrected chi connectivity index (χ3v) is 4.52. The first-order valence-electron chi connectivity index (χ1n) is 8.36. The van der Waals surface area contributed by atoms with E-state index in [1.54, 1.807) is 0 Å². The van der Waals surface area contributed by atoms with Gasteiger partial charge in [0.15, 0.2) is 0 Å². The van der Waals surface area contributed by atoms with E-state index >= 15 is 0 Å². The van der Waals surface area contributed by atoms with Gasteiger partial charge in [-0.05, 0) is 25.0 Å². The summed E-state index contributed by atoms with van der Waals surface area (Å²) in [5, 5.41) is 16.8. The van der Waals surface area contributed by atoms with Gasteiger partial charge in [0.25, 0.3) is 0 Å². The molecule has 0 bridgehead atoms. The summed E-state index contributed by atoms with van der Waals surface area (Å²) in [7, 11) is 0. The molecule has 1 aromatic heterocycles. The first-order valence-corrected chi connectivity index (χ1v) is 8.36. The van der Waals surface area contributed by atoms with E-state index in [0.717, 1.165) is 50.5 Å². The molecule has 2 heterocycles. The predicted octanol–water partition coefficient (Wildman–Crippen LogP) is 1.79. The van der Waals surface area contributed by atoms with Crippen LogP contribution in [0.2, 0.25) is 0 Å². The Kier molecular flexibility index (Phi) is 5.43. The van der Waals surface area contributed by atoms with Crippen LogP contribution in [0.5, 0.6) is 0 Å². The molecule has 1 atom stereocenters. The zero-order valence-electron chi connectivity index (χ0n) is 13.8. The van der Waals surface area contributed by atoms with Gasteiger partial charge in [-0.3, -0.25) is 14.9 Å². The summed E-state index contributed by atoms with van der Waals surface area (Å²) in [6, 6.07) is 13.1. The van der Waals surface area contributed by atoms with Crippen LogP contribution in [0.1, 0.15) is 23.4 Å². The first-order chi connectivity index (χ1) is 11.2. The Bertz CT molecular complexity index is 598. The van der Waals surface area contributed by atoms with Crippen molar-refractivity contribution < 1.29 is 5.11 Å². The van der Waals surface area contributed by atoms with E-state index in [2.05, 4.69) is 56.4 Å². The maximum Gasteiger partial charge on any atom is 0.0765 e. The van der Waals surface area contributed by atoms with Crippen LogP contribution in [0.4, 0.5) is 0 Å². The minimum atomic E-state index is 0.241. The van der Waals surface area contributed by atoms with Crippen LogP contribution < -0.4 is 0 Å². The van der Waals surface area contributed by atoms with Crippen molar-refractivity contribution in [1.82, 2.24) is 20.0 Å². The largest absolute Gasteiger partial charge is 0.396 e. The van der Waals surface area contributed by atoms with E-state index in [0.29, 0.717) is 6.04 Å². The minimum absolute atomic E-state index is 0.241. The SMILES string of the molecule is Cc1cc(CN2CCN(Cc3ccccc3)C(CCO)C2)n[nH]1. The van der Waals surface area contributed by atoms with Crippen molar-refractivity contribution in [1.29, 1.82) is 0 Å². The van der Waals surface area contributed by atoms with Gasteiger partial charge in [0.2, 0.25) is 0 Å². The van der Waals surface area contributed by atoms with E-state index < -0.39 is 0 Å². The number of hydrogen-bond acceptors (Lipinski definition) is 4. The van der Waals surface area contributed by atoms with E-state index in [1.807, 2.05) is 6.92 Å².